The smallest absolute Gasteiger partial charge is 0.433 e. The standard InChI is InChI=1S/C25H24F3N5O3/c1-24(2,3)36-23(35)33-12-10-16(14-33)15-7-8-18-17(13-15)19(9-11-29-18)30-22(34)32-21-6-4-5-20(31-21)25(26,27)28/h4-11,13H,12,14H2,1-3H3,(H2,29,30,31,32,34). The fourth-order valence-electron chi connectivity index (χ4n) is 3.62. The van der Waals surface area contributed by atoms with Crippen LogP contribution in [0.25, 0.3) is 16.5 Å². The summed E-state index contributed by atoms with van der Waals surface area (Å²) in [6, 6.07) is 9.58. The Kier molecular flexibility index (Phi) is 6.57. The van der Waals surface area contributed by atoms with Crippen LogP contribution in [0.3, 0.4) is 0 Å². The lowest BCUT2D eigenvalue weighted by molar-refractivity contribution is -0.141. The Balaban J connectivity index is 1.51. The lowest BCUT2D eigenvalue weighted by Crippen LogP contribution is -2.35. The number of carbonyl (C=O) groups excluding carboxylic acids is 2. The number of aromatic nitrogens is 2. The van der Waals surface area contributed by atoms with Crippen molar-refractivity contribution < 1.29 is 27.5 Å². The van der Waals surface area contributed by atoms with Crippen molar-refractivity contribution in [2.75, 3.05) is 23.7 Å². The molecule has 0 fully saturated rings. The molecule has 36 heavy (non-hydrogen) atoms. The summed E-state index contributed by atoms with van der Waals surface area (Å²) in [5.41, 5.74) is 1.06. The number of hydrogen-bond donors (Lipinski definition) is 2. The SMILES string of the molecule is CC(C)(C)OC(=O)N1CC=C(c2ccc3nccc(NC(=O)Nc4cccc(C(F)(F)F)n4)c3c2)C1. The summed E-state index contributed by atoms with van der Waals surface area (Å²) in [5.74, 6) is -0.236. The lowest BCUT2D eigenvalue weighted by Gasteiger charge is -2.24. The summed E-state index contributed by atoms with van der Waals surface area (Å²) in [7, 11) is 0. The molecule has 2 aromatic heterocycles. The molecule has 0 radical (unpaired) electrons. The van der Waals surface area contributed by atoms with Crippen LogP contribution in [0, 0.1) is 0 Å². The largest absolute Gasteiger partial charge is 0.444 e. The fraction of sp³-hybridized carbons (Fsp3) is 0.280. The molecule has 3 heterocycles. The van der Waals surface area contributed by atoms with Crippen LogP contribution in [-0.4, -0.2) is 45.7 Å². The number of carbonyl (C=O) groups is 2. The van der Waals surface area contributed by atoms with E-state index in [1.165, 1.54) is 12.3 Å². The van der Waals surface area contributed by atoms with E-state index < -0.39 is 29.6 Å². The van der Waals surface area contributed by atoms with Gasteiger partial charge in [0.1, 0.15) is 17.1 Å². The first-order chi connectivity index (χ1) is 16.9. The van der Waals surface area contributed by atoms with Gasteiger partial charge in [0.05, 0.1) is 11.2 Å². The van der Waals surface area contributed by atoms with Gasteiger partial charge >= 0.3 is 18.3 Å². The van der Waals surface area contributed by atoms with Gasteiger partial charge in [-0.05, 0) is 62.2 Å². The molecule has 2 N–H and O–H groups in total. The van der Waals surface area contributed by atoms with Crippen molar-refractivity contribution in [3.8, 4) is 0 Å². The van der Waals surface area contributed by atoms with Crippen molar-refractivity contribution in [3.05, 3.63) is 66.0 Å². The Morgan fingerprint density at radius 1 is 1.06 bits per heavy atom. The average Bonchev–Trinajstić information content (AvgIpc) is 3.28. The van der Waals surface area contributed by atoms with Crippen LogP contribution in [0.15, 0.2) is 54.7 Å². The maximum atomic E-state index is 12.9. The molecule has 0 aliphatic carbocycles. The zero-order chi connectivity index (χ0) is 26.1. The summed E-state index contributed by atoms with van der Waals surface area (Å²) < 4.78 is 44.1. The highest BCUT2D eigenvalue weighted by molar-refractivity contribution is 6.05. The quantitative estimate of drug-likeness (QED) is 0.466. The van der Waals surface area contributed by atoms with Crippen molar-refractivity contribution in [1.29, 1.82) is 0 Å². The molecule has 0 bridgehead atoms. The predicted octanol–water partition coefficient (Wildman–Crippen LogP) is 5.93. The Bertz CT molecular complexity index is 1350. The van der Waals surface area contributed by atoms with Gasteiger partial charge in [0, 0.05) is 24.7 Å². The number of halogens is 3. The van der Waals surface area contributed by atoms with Gasteiger partial charge in [0.2, 0.25) is 0 Å². The number of fused-ring (bicyclic) bond motifs is 1. The molecule has 0 saturated heterocycles. The van der Waals surface area contributed by atoms with Crippen LogP contribution in [0.5, 0.6) is 0 Å². The van der Waals surface area contributed by atoms with Crippen LogP contribution in [0.2, 0.25) is 0 Å². The lowest BCUT2D eigenvalue weighted by atomic mass is 10.0. The van der Waals surface area contributed by atoms with Crippen LogP contribution in [0.4, 0.5) is 34.3 Å². The number of pyridine rings is 2. The minimum Gasteiger partial charge on any atom is -0.444 e. The monoisotopic (exact) mass is 499 g/mol. The van der Waals surface area contributed by atoms with Crippen LogP contribution in [-0.2, 0) is 10.9 Å². The first-order valence-electron chi connectivity index (χ1n) is 11.1. The van der Waals surface area contributed by atoms with Gasteiger partial charge < -0.3 is 15.0 Å². The molecule has 1 aliphatic heterocycles. The molecule has 8 nitrogen and oxygen atoms in total. The zero-order valence-corrected chi connectivity index (χ0v) is 19.8. The van der Waals surface area contributed by atoms with Crippen molar-refractivity contribution >= 4 is 40.1 Å². The predicted molar refractivity (Wildman–Crippen MR) is 129 cm³/mol. The van der Waals surface area contributed by atoms with Gasteiger partial charge in [-0.15, -0.1) is 0 Å². The molecule has 0 spiro atoms. The summed E-state index contributed by atoms with van der Waals surface area (Å²) in [4.78, 5) is 34.3. The van der Waals surface area contributed by atoms with E-state index in [2.05, 4.69) is 20.6 Å². The molecule has 1 aliphatic rings. The molecular formula is C25H24F3N5O3. The Labute approximate surface area is 205 Å². The molecule has 11 heteroatoms. The van der Waals surface area contributed by atoms with Gasteiger partial charge in [-0.25, -0.2) is 14.6 Å². The summed E-state index contributed by atoms with van der Waals surface area (Å²) in [6.45, 7) is 6.19. The van der Waals surface area contributed by atoms with E-state index in [4.69, 9.17) is 4.74 Å². The maximum absolute atomic E-state index is 12.9. The number of alkyl halides is 3. The van der Waals surface area contributed by atoms with E-state index in [0.29, 0.717) is 29.7 Å². The van der Waals surface area contributed by atoms with E-state index in [9.17, 15) is 22.8 Å². The maximum Gasteiger partial charge on any atom is 0.433 e. The van der Waals surface area contributed by atoms with Crippen molar-refractivity contribution in [2.24, 2.45) is 0 Å². The van der Waals surface area contributed by atoms with E-state index in [-0.39, 0.29) is 5.82 Å². The summed E-state index contributed by atoms with van der Waals surface area (Å²) in [5, 5.41) is 5.59. The second-order valence-electron chi connectivity index (χ2n) is 9.17. The van der Waals surface area contributed by atoms with Gasteiger partial charge in [0.25, 0.3) is 0 Å². The number of benzene rings is 1. The van der Waals surface area contributed by atoms with Gasteiger partial charge in [-0.1, -0.05) is 18.2 Å². The number of nitrogens with zero attached hydrogens (tertiary/aromatic N) is 3. The first-order valence-corrected chi connectivity index (χ1v) is 11.1. The van der Waals surface area contributed by atoms with Crippen molar-refractivity contribution in [2.45, 2.75) is 32.5 Å². The number of nitrogens with one attached hydrogen (secondary N) is 2. The summed E-state index contributed by atoms with van der Waals surface area (Å²) >= 11 is 0. The normalized spacial score (nSPS) is 13.9. The third-order valence-electron chi connectivity index (χ3n) is 5.21. The average molecular weight is 499 g/mol. The minimum atomic E-state index is -4.63. The second-order valence-corrected chi connectivity index (χ2v) is 9.17. The molecule has 0 saturated carbocycles. The molecule has 3 amide bonds. The molecule has 0 unspecified atom stereocenters. The molecule has 4 rings (SSSR count). The third-order valence-corrected chi connectivity index (χ3v) is 5.21. The van der Waals surface area contributed by atoms with Crippen LogP contribution >= 0.6 is 0 Å². The van der Waals surface area contributed by atoms with Crippen LogP contribution in [0.1, 0.15) is 32.0 Å². The van der Waals surface area contributed by atoms with E-state index >= 15 is 0 Å². The number of anilines is 2. The van der Waals surface area contributed by atoms with Gasteiger partial charge in [-0.2, -0.15) is 13.2 Å². The zero-order valence-electron chi connectivity index (χ0n) is 19.8. The van der Waals surface area contributed by atoms with Crippen LogP contribution < -0.4 is 10.6 Å². The molecule has 3 aromatic rings. The van der Waals surface area contributed by atoms with Crippen molar-refractivity contribution in [3.63, 3.8) is 0 Å². The molecular weight excluding hydrogens is 475 g/mol. The van der Waals surface area contributed by atoms with E-state index in [0.717, 1.165) is 23.3 Å². The summed E-state index contributed by atoms with van der Waals surface area (Å²) in [6.07, 6.45) is -1.59. The van der Waals surface area contributed by atoms with Gasteiger partial charge in [0.15, 0.2) is 0 Å². The molecule has 1 aromatic carbocycles. The Hall–Kier alpha value is -4.15. The third kappa shape index (κ3) is 5.91. The highest BCUT2D eigenvalue weighted by Gasteiger charge is 2.32. The van der Waals surface area contributed by atoms with E-state index in [1.807, 2.05) is 18.2 Å². The molecule has 0 atom stereocenters. The Morgan fingerprint density at radius 2 is 1.83 bits per heavy atom. The fourth-order valence-corrected chi connectivity index (χ4v) is 3.62. The number of rotatable bonds is 3. The number of urea groups is 1. The van der Waals surface area contributed by atoms with Crippen molar-refractivity contribution in [1.82, 2.24) is 14.9 Å². The number of hydrogen-bond acceptors (Lipinski definition) is 5. The highest BCUT2D eigenvalue weighted by Crippen LogP contribution is 2.30. The number of amides is 3. The highest BCUT2D eigenvalue weighted by atomic mass is 19.4. The van der Waals surface area contributed by atoms with Gasteiger partial charge in [-0.3, -0.25) is 10.3 Å². The van der Waals surface area contributed by atoms with E-state index in [1.54, 1.807) is 37.8 Å². The first kappa shape index (κ1) is 25.0. The second kappa shape index (κ2) is 9.48. The number of ether oxygens (including phenoxy) is 1. The minimum absolute atomic E-state index is 0.236. The topological polar surface area (TPSA) is 96.5 Å². The Morgan fingerprint density at radius 3 is 2.56 bits per heavy atom. The molecule has 188 valence electrons.